The number of carbonyl (C=O) groups excluding carboxylic acids is 1. The van der Waals surface area contributed by atoms with Gasteiger partial charge in [0.05, 0.1) is 0 Å². The van der Waals surface area contributed by atoms with Gasteiger partial charge in [-0.05, 0) is 31.2 Å². The molecule has 2 rings (SSSR count). The minimum absolute atomic E-state index is 0.170. The average molecular weight is 242 g/mol. The van der Waals surface area contributed by atoms with Crippen LogP contribution in [0.5, 0.6) is 0 Å². The van der Waals surface area contributed by atoms with Crippen molar-refractivity contribution in [3.8, 4) is 0 Å². The minimum Gasteiger partial charge on any atom is -0.399 e. The molecule has 0 aliphatic rings. The Morgan fingerprint density at radius 2 is 2.00 bits per heavy atom. The summed E-state index contributed by atoms with van der Waals surface area (Å²) >= 11 is 0. The van der Waals surface area contributed by atoms with Crippen LogP contribution < -0.4 is 10.6 Å². The van der Waals surface area contributed by atoms with Crippen molar-refractivity contribution in [2.24, 2.45) is 0 Å². The van der Waals surface area contributed by atoms with E-state index in [9.17, 15) is 4.79 Å². The normalized spacial score (nSPS) is 10.1. The number of aromatic nitrogens is 2. The lowest BCUT2D eigenvalue weighted by molar-refractivity contribution is 0.0983. The fraction of sp³-hybridized carbons (Fsp3) is 0.154. The maximum atomic E-state index is 12.3. The lowest BCUT2D eigenvalue weighted by Gasteiger charge is -2.20. The topological polar surface area (TPSA) is 72.1 Å². The highest BCUT2D eigenvalue weighted by Gasteiger charge is 2.17. The molecule has 0 bridgehead atoms. The largest absolute Gasteiger partial charge is 0.399 e. The van der Waals surface area contributed by atoms with E-state index in [0.717, 1.165) is 5.69 Å². The van der Waals surface area contributed by atoms with Gasteiger partial charge in [0, 0.05) is 36.5 Å². The van der Waals surface area contributed by atoms with E-state index in [1.165, 1.54) is 6.20 Å². The monoisotopic (exact) mass is 242 g/mol. The van der Waals surface area contributed by atoms with Gasteiger partial charge in [-0.3, -0.25) is 14.8 Å². The van der Waals surface area contributed by atoms with E-state index >= 15 is 0 Å². The van der Waals surface area contributed by atoms with Gasteiger partial charge in [0.15, 0.2) is 0 Å². The number of hydrogen-bond acceptors (Lipinski definition) is 4. The second-order valence-corrected chi connectivity index (χ2v) is 3.73. The first-order chi connectivity index (χ1) is 8.72. The highest BCUT2D eigenvalue weighted by atomic mass is 16.2. The standard InChI is InChI=1S/C13H14N4O/c1-2-17(11-4-6-15-7-5-11)13(18)12-9-10(14)3-8-16-12/h3-9H,2H2,1H3,(H2,14,16). The summed E-state index contributed by atoms with van der Waals surface area (Å²) < 4.78 is 0. The molecule has 0 spiro atoms. The third-order valence-electron chi connectivity index (χ3n) is 2.54. The highest BCUT2D eigenvalue weighted by Crippen LogP contribution is 2.15. The number of anilines is 2. The lowest BCUT2D eigenvalue weighted by atomic mass is 10.2. The van der Waals surface area contributed by atoms with Crippen molar-refractivity contribution in [3.05, 3.63) is 48.5 Å². The lowest BCUT2D eigenvalue weighted by Crippen LogP contribution is -2.31. The summed E-state index contributed by atoms with van der Waals surface area (Å²) in [5.74, 6) is -0.170. The molecule has 1 amide bonds. The first-order valence-corrected chi connectivity index (χ1v) is 5.65. The third kappa shape index (κ3) is 2.45. The second kappa shape index (κ2) is 5.27. The molecule has 0 aliphatic heterocycles. The highest BCUT2D eigenvalue weighted by molar-refractivity contribution is 6.05. The molecule has 0 saturated heterocycles. The van der Waals surface area contributed by atoms with Crippen molar-refractivity contribution in [1.82, 2.24) is 9.97 Å². The van der Waals surface area contributed by atoms with E-state index in [0.29, 0.717) is 17.9 Å². The summed E-state index contributed by atoms with van der Waals surface area (Å²) in [5, 5.41) is 0. The van der Waals surface area contributed by atoms with Crippen molar-refractivity contribution < 1.29 is 4.79 Å². The molecule has 2 heterocycles. The molecule has 2 aromatic heterocycles. The molecule has 92 valence electrons. The van der Waals surface area contributed by atoms with Crippen LogP contribution in [-0.4, -0.2) is 22.4 Å². The Morgan fingerprint density at radius 1 is 1.28 bits per heavy atom. The van der Waals surface area contributed by atoms with Crippen LogP contribution in [0.2, 0.25) is 0 Å². The zero-order valence-corrected chi connectivity index (χ0v) is 10.1. The number of hydrogen-bond donors (Lipinski definition) is 1. The third-order valence-corrected chi connectivity index (χ3v) is 2.54. The molecule has 2 N–H and O–H groups in total. The quantitative estimate of drug-likeness (QED) is 0.889. The number of nitrogens with two attached hydrogens (primary N) is 1. The molecule has 0 saturated carbocycles. The zero-order chi connectivity index (χ0) is 13.0. The average Bonchev–Trinajstić information content (AvgIpc) is 2.41. The summed E-state index contributed by atoms with van der Waals surface area (Å²) in [6, 6.07) is 6.80. The van der Waals surface area contributed by atoms with Gasteiger partial charge in [0.25, 0.3) is 5.91 Å². The molecule has 18 heavy (non-hydrogen) atoms. The van der Waals surface area contributed by atoms with Crippen molar-refractivity contribution in [1.29, 1.82) is 0 Å². The van der Waals surface area contributed by atoms with E-state index in [-0.39, 0.29) is 5.91 Å². The van der Waals surface area contributed by atoms with Gasteiger partial charge in [-0.2, -0.15) is 0 Å². The van der Waals surface area contributed by atoms with E-state index in [1.807, 2.05) is 6.92 Å². The smallest absolute Gasteiger partial charge is 0.276 e. The zero-order valence-electron chi connectivity index (χ0n) is 10.1. The first-order valence-electron chi connectivity index (χ1n) is 5.65. The van der Waals surface area contributed by atoms with Crippen LogP contribution in [0.3, 0.4) is 0 Å². The van der Waals surface area contributed by atoms with Gasteiger partial charge in [-0.1, -0.05) is 0 Å². The van der Waals surface area contributed by atoms with Gasteiger partial charge < -0.3 is 10.6 Å². The van der Waals surface area contributed by atoms with Crippen molar-refractivity contribution in [2.45, 2.75) is 6.92 Å². The molecule has 5 heteroatoms. The SMILES string of the molecule is CCN(C(=O)c1cc(N)ccn1)c1ccncc1. The molecule has 0 aromatic carbocycles. The Labute approximate surface area is 105 Å². The molecule has 0 aliphatic carbocycles. The first kappa shape index (κ1) is 12.0. The number of carbonyl (C=O) groups is 1. The van der Waals surface area contributed by atoms with Gasteiger partial charge in [-0.25, -0.2) is 0 Å². The van der Waals surface area contributed by atoms with Gasteiger partial charge in [-0.15, -0.1) is 0 Å². The van der Waals surface area contributed by atoms with Crippen LogP contribution in [0.15, 0.2) is 42.9 Å². The predicted molar refractivity (Wildman–Crippen MR) is 70.2 cm³/mol. The Balaban J connectivity index is 2.32. The molecular weight excluding hydrogens is 228 g/mol. The van der Waals surface area contributed by atoms with Crippen LogP contribution >= 0.6 is 0 Å². The summed E-state index contributed by atoms with van der Waals surface area (Å²) in [5.41, 5.74) is 7.32. The van der Waals surface area contributed by atoms with Crippen molar-refractivity contribution in [3.63, 3.8) is 0 Å². The van der Waals surface area contributed by atoms with E-state index < -0.39 is 0 Å². The van der Waals surface area contributed by atoms with E-state index in [4.69, 9.17) is 5.73 Å². The Hall–Kier alpha value is -2.43. The summed E-state index contributed by atoms with van der Waals surface area (Å²) in [4.78, 5) is 21.9. The summed E-state index contributed by atoms with van der Waals surface area (Å²) in [7, 11) is 0. The van der Waals surface area contributed by atoms with Crippen LogP contribution in [0, 0.1) is 0 Å². The van der Waals surface area contributed by atoms with Crippen molar-refractivity contribution in [2.75, 3.05) is 17.2 Å². The Bertz CT molecular complexity index is 542. The van der Waals surface area contributed by atoms with Gasteiger partial charge in [0.1, 0.15) is 5.69 Å². The van der Waals surface area contributed by atoms with Crippen LogP contribution in [0.25, 0.3) is 0 Å². The second-order valence-electron chi connectivity index (χ2n) is 3.73. The number of nitrogen functional groups attached to an aromatic ring is 1. The molecule has 2 aromatic rings. The van der Waals surface area contributed by atoms with Crippen LogP contribution in [-0.2, 0) is 0 Å². The fourth-order valence-corrected chi connectivity index (χ4v) is 1.67. The maximum Gasteiger partial charge on any atom is 0.276 e. The van der Waals surface area contributed by atoms with E-state index in [2.05, 4.69) is 9.97 Å². The van der Waals surface area contributed by atoms with Gasteiger partial charge >= 0.3 is 0 Å². The predicted octanol–water partition coefficient (Wildman–Crippen LogP) is 1.73. The molecule has 0 radical (unpaired) electrons. The molecular formula is C13H14N4O. The van der Waals surface area contributed by atoms with Gasteiger partial charge in [0.2, 0.25) is 0 Å². The Morgan fingerprint density at radius 3 is 2.61 bits per heavy atom. The maximum absolute atomic E-state index is 12.3. The van der Waals surface area contributed by atoms with Crippen molar-refractivity contribution >= 4 is 17.3 Å². The molecule has 0 atom stereocenters. The van der Waals surface area contributed by atoms with Crippen LogP contribution in [0.1, 0.15) is 17.4 Å². The summed E-state index contributed by atoms with van der Waals surface area (Å²) in [6.45, 7) is 2.46. The molecule has 5 nitrogen and oxygen atoms in total. The molecule has 0 fully saturated rings. The van der Waals surface area contributed by atoms with Crippen LogP contribution in [0.4, 0.5) is 11.4 Å². The Kier molecular flexibility index (Phi) is 3.52. The minimum atomic E-state index is -0.170. The number of pyridine rings is 2. The number of amides is 1. The fourth-order valence-electron chi connectivity index (χ4n) is 1.67. The molecule has 0 unspecified atom stereocenters. The van der Waals surface area contributed by atoms with E-state index in [1.54, 1.807) is 41.6 Å². The number of nitrogens with zero attached hydrogens (tertiary/aromatic N) is 3. The summed E-state index contributed by atoms with van der Waals surface area (Å²) in [6.07, 6.45) is 4.83. The number of rotatable bonds is 3.